The van der Waals surface area contributed by atoms with Crippen molar-refractivity contribution in [3.63, 3.8) is 0 Å². The van der Waals surface area contributed by atoms with Crippen LogP contribution < -0.4 is 5.43 Å². The Balaban J connectivity index is 2.05. The lowest BCUT2D eigenvalue weighted by atomic mass is 10.0. The van der Waals surface area contributed by atoms with Crippen LogP contribution in [0.15, 0.2) is 27.2 Å². The third-order valence-electron chi connectivity index (χ3n) is 5.37. The molecule has 0 aromatic heterocycles. The van der Waals surface area contributed by atoms with E-state index in [1.807, 2.05) is 0 Å². The van der Waals surface area contributed by atoms with Gasteiger partial charge in [-0.2, -0.15) is 5.10 Å². The molecule has 2 aliphatic carbocycles. The number of rotatable bonds is 4. The van der Waals surface area contributed by atoms with E-state index in [9.17, 15) is 16.8 Å². The second-order valence-electron chi connectivity index (χ2n) is 7.05. The molecule has 6 nitrogen and oxygen atoms in total. The molecule has 0 bridgehead atoms. The van der Waals surface area contributed by atoms with Gasteiger partial charge in [-0.05, 0) is 37.8 Å². The summed E-state index contributed by atoms with van der Waals surface area (Å²) in [5.74, 6) is 0. The van der Waals surface area contributed by atoms with Crippen LogP contribution in [0.4, 0.5) is 0 Å². The maximum absolute atomic E-state index is 13.2. The molecule has 1 heterocycles. The van der Waals surface area contributed by atoms with E-state index in [0.29, 0.717) is 25.7 Å². The van der Waals surface area contributed by atoms with Crippen LogP contribution in [0.3, 0.4) is 0 Å². The van der Waals surface area contributed by atoms with Crippen molar-refractivity contribution in [2.75, 3.05) is 0 Å². The van der Waals surface area contributed by atoms with Crippen LogP contribution in [0.1, 0.15) is 64.2 Å². The Morgan fingerprint density at radius 3 is 1.88 bits per heavy atom. The minimum absolute atomic E-state index is 0.109. The minimum atomic E-state index is -3.76. The van der Waals surface area contributed by atoms with Gasteiger partial charge in [-0.3, -0.25) is 5.43 Å². The Morgan fingerprint density at radius 2 is 1.32 bits per heavy atom. The quantitative estimate of drug-likeness (QED) is 0.802. The first-order chi connectivity index (χ1) is 11.9. The van der Waals surface area contributed by atoms with Crippen LogP contribution in [0.2, 0.25) is 0 Å². The van der Waals surface area contributed by atoms with Gasteiger partial charge in [0.05, 0.1) is 10.5 Å². The topological polar surface area (TPSA) is 92.7 Å². The molecule has 2 fully saturated rings. The highest BCUT2D eigenvalue weighted by atomic mass is 32.2. The number of nitrogens with one attached hydrogen (secondary N) is 1. The van der Waals surface area contributed by atoms with E-state index < -0.39 is 30.2 Å². The number of sulfone groups is 2. The highest BCUT2D eigenvalue weighted by Gasteiger charge is 2.39. The third kappa shape index (κ3) is 3.84. The summed E-state index contributed by atoms with van der Waals surface area (Å²) in [5, 5.41) is 2.60. The summed E-state index contributed by atoms with van der Waals surface area (Å²) in [6.07, 6.45) is 12.2. The highest BCUT2D eigenvalue weighted by molar-refractivity contribution is 7.99. The monoisotopic (exact) mass is 386 g/mol. The molecule has 2 saturated carbocycles. The Labute approximate surface area is 150 Å². The van der Waals surface area contributed by atoms with Gasteiger partial charge in [0, 0.05) is 6.21 Å². The first kappa shape index (κ1) is 18.6. The van der Waals surface area contributed by atoms with Gasteiger partial charge in [0.1, 0.15) is 4.91 Å². The summed E-state index contributed by atoms with van der Waals surface area (Å²) in [6.45, 7) is 0. The zero-order chi connectivity index (χ0) is 17.9. The van der Waals surface area contributed by atoms with Crippen LogP contribution in [0.5, 0.6) is 0 Å². The summed E-state index contributed by atoms with van der Waals surface area (Å²) >= 11 is 0. The van der Waals surface area contributed by atoms with Crippen LogP contribution in [-0.2, 0) is 19.7 Å². The Morgan fingerprint density at radius 1 is 0.800 bits per heavy atom. The molecule has 0 unspecified atom stereocenters. The lowest BCUT2D eigenvalue weighted by molar-refractivity contribution is 0.483. The first-order valence-corrected chi connectivity index (χ1v) is 12.2. The van der Waals surface area contributed by atoms with Crippen molar-refractivity contribution in [3.8, 4) is 0 Å². The second-order valence-corrected chi connectivity index (χ2v) is 11.4. The summed E-state index contributed by atoms with van der Waals surface area (Å²) in [5.41, 5.74) is 2.53. The molecule has 1 N–H and O–H groups in total. The van der Waals surface area contributed by atoms with Crippen LogP contribution >= 0.6 is 0 Å². The molecule has 1 aliphatic heterocycles. The van der Waals surface area contributed by atoms with Crippen LogP contribution in [-0.4, -0.2) is 33.6 Å². The number of nitrogens with zero attached hydrogens (tertiary/aromatic N) is 1. The van der Waals surface area contributed by atoms with Crippen LogP contribution in [0, 0.1) is 0 Å². The molecule has 3 rings (SSSR count). The summed E-state index contributed by atoms with van der Waals surface area (Å²) in [4.78, 5) is -0.109. The van der Waals surface area contributed by atoms with Crippen molar-refractivity contribution in [2.24, 2.45) is 5.10 Å². The molecule has 0 aromatic rings. The Bertz CT molecular complexity index is 783. The van der Waals surface area contributed by atoms with Crippen molar-refractivity contribution in [1.82, 2.24) is 5.43 Å². The predicted molar refractivity (Wildman–Crippen MR) is 99.4 cm³/mol. The van der Waals surface area contributed by atoms with Crippen molar-refractivity contribution in [1.29, 1.82) is 0 Å². The second kappa shape index (κ2) is 7.61. The maximum atomic E-state index is 13.2. The fraction of sp³-hybridized carbons (Fsp3) is 0.706. The van der Waals surface area contributed by atoms with E-state index in [-0.39, 0.29) is 9.93 Å². The molecule has 0 spiro atoms. The molecular formula is C17H26N2O4S2. The molecular weight excluding hydrogens is 360 g/mol. The van der Waals surface area contributed by atoms with Crippen LogP contribution in [0.25, 0.3) is 0 Å². The van der Waals surface area contributed by atoms with Gasteiger partial charge in [0.25, 0.3) is 0 Å². The lowest BCUT2D eigenvalue weighted by Gasteiger charge is -2.26. The van der Waals surface area contributed by atoms with Gasteiger partial charge in [-0.15, -0.1) is 0 Å². The largest absolute Gasteiger partial charge is 0.266 e. The van der Waals surface area contributed by atoms with E-state index in [1.165, 1.54) is 18.4 Å². The lowest BCUT2D eigenvalue weighted by Crippen LogP contribution is -2.33. The predicted octanol–water partition coefficient (Wildman–Crippen LogP) is 2.80. The molecule has 8 heteroatoms. The molecule has 25 heavy (non-hydrogen) atoms. The Kier molecular flexibility index (Phi) is 5.68. The smallest absolute Gasteiger partial charge is 0.199 e. The molecule has 0 saturated heterocycles. The zero-order valence-electron chi connectivity index (χ0n) is 14.4. The van der Waals surface area contributed by atoms with Crippen molar-refractivity contribution < 1.29 is 16.8 Å². The number of allylic oxidation sites excluding steroid dienone is 2. The van der Waals surface area contributed by atoms with E-state index in [4.69, 9.17) is 0 Å². The normalized spacial score (nSPS) is 24.2. The minimum Gasteiger partial charge on any atom is -0.266 e. The fourth-order valence-electron chi connectivity index (χ4n) is 3.93. The number of hydrazone groups is 1. The van der Waals surface area contributed by atoms with Gasteiger partial charge < -0.3 is 0 Å². The molecule has 0 radical (unpaired) electrons. The first-order valence-electron chi connectivity index (χ1n) is 9.12. The molecule has 140 valence electrons. The van der Waals surface area contributed by atoms with E-state index in [1.54, 1.807) is 0 Å². The molecule has 0 amide bonds. The summed E-state index contributed by atoms with van der Waals surface area (Å²) in [6, 6.07) is 0. The molecule has 0 aromatic carbocycles. The van der Waals surface area contributed by atoms with Gasteiger partial charge in [0.15, 0.2) is 24.7 Å². The van der Waals surface area contributed by atoms with Gasteiger partial charge >= 0.3 is 0 Å². The standard InChI is InChI=1S/C17H26N2O4S2/c20-24(21,14-8-3-1-4-9-14)16-12-7-13-18-19-17(16)25(22,23)15-10-5-2-6-11-15/h7,12-15,19H,1-6,8-11H2. The maximum Gasteiger partial charge on any atom is 0.199 e. The summed E-state index contributed by atoms with van der Waals surface area (Å²) < 4.78 is 52.6. The van der Waals surface area contributed by atoms with Crippen molar-refractivity contribution in [2.45, 2.75) is 74.7 Å². The van der Waals surface area contributed by atoms with E-state index >= 15 is 0 Å². The van der Waals surface area contributed by atoms with E-state index in [0.717, 1.165) is 38.5 Å². The average Bonchev–Trinajstić information content (AvgIpc) is 2.90. The number of hydrogen-bond acceptors (Lipinski definition) is 6. The zero-order valence-corrected chi connectivity index (χ0v) is 16.0. The van der Waals surface area contributed by atoms with Crippen molar-refractivity contribution in [3.05, 3.63) is 22.1 Å². The average molecular weight is 387 g/mol. The summed E-state index contributed by atoms with van der Waals surface area (Å²) in [7, 11) is -7.46. The van der Waals surface area contributed by atoms with E-state index in [2.05, 4.69) is 10.5 Å². The van der Waals surface area contributed by atoms with Crippen molar-refractivity contribution >= 4 is 25.9 Å². The van der Waals surface area contributed by atoms with Gasteiger partial charge in [-0.25, -0.2) is 16.8 Å². The highest BCUT2D eigenvalue weighted by Crippen LogP contribution is 2.34. The Hall–Kier alpha value is -1.15. The SMILES string of the molecule is O=S(=O)(C1=C(S(=O)(=O)C2CCCCC2)NN=CC=C1)C1CCCCC1. The third-order valence-corrected chi connectivity index (χ3v) is 10.0. The number of hydrogen-bond donors (Lipinski definition) is 1. The molecule has 3 aliphatic rings. The molecule has 0 atom stereocenters. The fourth-order valence-corrected chi connectivity index (χ4v) is 8.32. The van der Waals surface area contributed by atoms with Gasteiger partial charge in [-0.1, -0.05) is 38.5 Å². The van der Waals surface area contributed by atoms with Gasteiger partial charge in [0.2, 0.25) is 0 Å².